The highest BCUT2D eigenvalue weighted by Gasteiger charge is 2.11. The average molecular weight is 291 g/mol. The summed E-state index contributed by atoms with van der Waals surface area (Å²) < 4.78 is 23.2. The highest BCUT2D eigenvalue weighted by Crippen LogP contribution is 2.14. The van der Waals surface area contributed by atoms with Gasteiger partial charge >= 0.3 is 0 Å². The Kier molecular flexibility index (Phi) is 4.80. The van der Waals surface area contributed by atoms with Crippen molar-refractivity contribution in [1.82, 2.24) is 0 Å². The number of alkyl halides is 1. The van der Waals surface area contributed by atoms with Gasteiger partial charge in [0.1, 0.15) is 0 Å². The van der Waals surface area contributed by atoms with E-state index in [1.54, 1.807) is 19.1 Å². The molecule has 0 aliphatic heterocycles. The number of aryl methyl sites for hydroxylation is 1. The molecular formula is C11H15BrO2S. The van der Waals surface area contributed by atoms with Crippen LogP contribution in [-0.4, -0.2) is 19.5 Å². The molecule has 0 bridgehead atoms. The van der Waals surface area contributed by atoms with Gasteiger partial charge in [-0.25, -0.2) is 8.42 Å². The van der Waals surface area contributed by atoms with E-state index in [0.717, 1.165) is 23.7 Å². The molecule has 1 rings (SSSR count). The first-order valence-electron chi connectivity index (χ1n) is 4.98. The van der Waals surface area contributed by atoms with Crippen LogP contribution in [0.4, 0.5) is 0 Å². The molecule has 0 aliphatic rings. The van der Waals surface area contributed by atoms with Gasteiger partial charge in [-0.2, -0.15) is 0 Å². The predicted molar refractivity (Wildman–Crippen MR) is 66.3 cm³/mol. The molecule has 1 aromatic rings. The summed E-state index contributed by atoms with van der Waals surface area (Å²) in [5.41, 5.74) is 1.09. The number of benzene rings is 1. The standard InChI is InChI=1S/C11H15BrO2S/c1-2-15(13,14)11-7-3-5-10(9-11)6-4-8-12/h3,5,7,9H,2,4,6,8H2,1H3. The Balaban J connectivity index is 2.93. The molecule has 1 aromatic carbocycles. The van der Waals surface area contributed by atoms with Crippen LogP contribution in [0, 0.1) is 0 Å². The van der Waals surface area contributed by atoms with Crippen LogP contribution in [-0.2, 0) is 16.3 Å². The number of halogens is 1. The number of hydrogen-bond donors (Lipinski definition) is 0. The van der Waals surface area contributed by atoms with Crippen LogP contribution in [0.2, 0.25) is 0 Å². The van der Waals surface area contributed by atoms with E-state index in [1.165, 1.54) is 0 Å². The Bertz CT molecular complexity index is 412. The highest BCUT2D eigenvalue weighted by atomic mass is 79.9. The van der Waals surface area contributed by atoms with Crippen LogP contribution >= 0.6 is 15.9 Å². The topological polar surface area (TPSA) is 34.1 Å². The fourth-order valence-electron chi connectivity index (χ4n) is 1.33. The van der Waals surface area contributed by atoms with Crippen LogP contribution in [0.25, 0.3) is 0 Å². The molecule has 0 fully saturated rings. The van der Waals surface area contributed by atoms with Gasteiger partial charge in [0.2, 0.25) is 0 Å². The SMILES string of the molecule is CCS(=O)(=O)c1cccc(CCCBr)c1. The molecule has 0 saturated carbocycles. The van der Waals surface area contributed by atoms with Gasteiger partial charge in [0.25, 0.3) is 0 Å². The maximum absolute atomic E-state index is 11.6. The second-order valence-corrected chi connectivity index (χ2v) is 6.41. The molecule has 2 nitrogen and oxygen atoms in total. The van der Waals surface area contributed by atoms with Gasteiger partial charge in [0.15, 0.2) is 9.84 Å². The van der Waals surface area contributed by atoms with Crippen molar-refractivity contribution in [1.29, 1.82) is 0 Å². The highest BCUT2D eigenvalue weighted by molar-refractivity contribution is 9.09. The van der Waals surface area contributed by atoms with Crippen LogP contribution < -0.4 is 0 Å². The first-order chi connectivity index (χ1) is 7.10. The van der Waals surface area contributed by atoms with E-state index >= 15 is 0 Å². The minimum atomic E-state index is -3.06. The van der Waals surface area contributed by atoms with Gasteiger partial charge in [0.05, 0.1) is 10.6 Å². The van der Waals surface area contributed by atoms with Gasteiger partial charge in [-0.15, -0.1) is 0 Å². The molecule has 15 heavy (non-hydrogen) atoms. The third-order valence-electron chi connectivity index (χ3n) is 2.24. The summed E-state index contributed by atoms with van der Waals surface area (Å²) >= 11 is 3.36. The third-order valence-corrected chi connectivity index (χ3v) is 4.53. The lowest BCUT2D eigenvalue weighted by Gasteiger charge is -2.04. The van der Waals surface area contributed by atoms with Crippen LogP contribution in [0.3, 0.4) is 0 Å². The Labute approximate surface area is 99.7 Å². The van der Waals surface area contributed by atoms with E-state index in [1.807, 2.05) is 12.1 Å². The molecule has 4 heteroatoms. The number of sulfone groups is 1. The summed E-state index contributed by atoms with van der Waals surface area (Å²) in [5.74, 6) is 0.162. The molecule has 0 aliphatic carbocycles. The summed E-state index contributed by atoms with van der Waals surface area (Å²) in [7, 11) is -3.06. The lowest BCUT2D eigenvalue weighted by Crippen LogP contribution is -2.04. The Morgan fingerprint density at radius 2 is 2.07 bits per heavy atom. The monoisotopic (exact) mass is 290 g/mol. The molecule has 0 aromatic heterocycles. The molecular weight excluding hydrogens is 276 g/mol. The summed E-state index contributed by atoms with van der Waals surface area (Å²) in [4.78, 5) is 0.442. The van der Waals surface area contributed by atoms with Crippen LogP contribution in [0.1, 0.15) is 18.9 Å². The minimum absolute atomic E-state index is 0.162. The van der Waals surface area contributed by atoms with E-state index < -0.39 is 9.84 Å². The zero-order chi connectivity index (χ0) is 11.3. The zero-order valence-electron chi connectivity index (χ0n) is 8.74. The minimum Gasteiger partial charge on any atom is -0.224 e. The van der Waals surface area contributed by atoms with Crippen molar-refractivity contribution in [3.8, 4) is 0 Å². The van der Waals surface area contributed by atoms with E-state index in [4.69, 9.17) is 0 Å². The molecule has 0 spiro atoms. The van der Waals surface area contributed by atoms with Crippen molar-refractivity contribution in [3.05, 3.63) is 29.8 Å². The largest absolute Gasteiger partial charge is 0.224 e. The Morgan fingerprint density at radius 3 is 2.67 bits per heavy atom. The van der Waals surface area contributed by atoms with Gasteiger partial charge in [-0.3, -0.25) is 0 Å². The zero-order valence-corrected chi connectivity index (χ0v) is 11.1. The van der Waals surface area contributed by atoms with E-state index in [-0.39, 0.29) is 5.75 Å². The van der Waals surface area contributed by atoms with Crippen molar-refractivity contribution in [2.45, 2.75) is 24.7 Å². The number of hydrogen-bond acceptors (Lipinski definition) is 2. The van der Waals surface area contributed by atoms with Crippen molar-refractivity contribution in [2.75, 3.05) is 11.1 Å². The van der Waals surface area contributed by atoms with Crippen molar-refractivity contribution >= 4 is 25.8 Å². The van der Waals surface area contributed by atoms with Gasteiger partial charge in [-0.1, -0.05) is 35.0 Å². The first-order valence-corrected chi connectivity index (χ1v) is 7.75. The second-order valence-electron chi connectivity index (χ2n) is 3.34. The van der Waals surface area contributed by atoms with Gasteiger partial charge < -0.3 is 0 Å². The average Bonchev–Trinajstić information content (AvgIpc) is 2.27. The van der Waals surface area contributed by atoms with Crippen molar-refractivity contribution in [2.24, 2.45) is 0 Å². The molecule has 0 unspecified atom stereocenters. The van der Waals surface area contributed by atoms with Gasteiger partial charge in [0, 0.05) is 5.33 Å². The Hall–Kier alpha value is -0.350. The third kappa shape index (κ3) is 3.61. The maximum atomic E-state index is 11.6. The normalized spacial score (nSPS) is 11.6. The van der Waals surface area contributed by atoms with Crippen LogP contribution in [0.15, 0.2) is 29.2 Å². The van der Waals surface area contributed by atoms with Crippen molar-refractivity contribution < 1.29 is 8.42 Å². The second kappa shape index (κ2) is 5.66. The van der Waals surface area contributed by atoms with E-state index in [0.29, 0.717) is 4.90 Å². The van der Waals surface area contributed by atoms with Crippen molar-refractivity contribution in [3.63, 3.8) is 0 Å². The smallest absolute Gasteiger partial charge is 0.178 e. The molecule has 0 amide bonds. The molecule has 0 N–H and O–H groups in total. The van der Waals surface area contributed by atoms with E-state index in [9.17, 15) is 8.42 Å². The maximum Gasteiger partial charge on any atom is 0.178 e. The summed E-state index contributed by atoms with van der Waals surface area (Å²) in [6.07, 6.45) is 1.94. The predicted octanol–water partition coefficient (Wildman–Crippen LogP) is 2.81. The molecule has 0 radical (unpaired) electrons. The molecule has 84 valence electrons. The fourth-order valence-corrected chi connectivity index (χ4v) is 2.56. The summed E-state index contributed by atoms with van der Waals surface area (Å²) in [5, 5.41) is 0.942. The first kappa shape index (κ1) is 12.7. The fraction of sp³-hybridized carbons (Fsp3) is 0.455. The summed E-state index contributed by atoms with van der Waals surface area (Å²) in [6, 6.07) is 7.22. The number of rotatable bonds is 5. The Morgan fingerprint density at radius 1 is 1.33 bits per heavy atom. The van der Waals surface area contributed by atoms with E-state index in [2.05, 4.69) is 15.9 Å². The van der Waals surface area contributed by atoms with Crippen LogP contribution in [0.5, 0.6) is 0 Å². The van der Waals surface area contributed by atoms with Gasteiger partial charge in [-0.05, 0) is 30.5 Å². The lowest BCUT2D eigenvalue weighted by atomic mass is 10.1. The molecule has 0 saturated heterocycles. The quantitative estimate of drug-likeness (QED) is 0.782. The molecule has 0 heterocycles. The lowest BCUT2D eigenvalue weighted by molar-refractivity contribution is 0.597. The summed E-state index contributed by atoms with van der Waals surface area (Å²) in [6.45, 7) is 1.67. The molecule has 0 atom stereocenters.